The van der Waals surface area contributed by atoms with Crippen LogP contribution in [0, 0.1) is 11.8 Å². The van der Waals surface area contributed by atoms with Crippen LogP contribution in [-0.4, -0.2) is 41.2 Å². The summed E-state index contributed by atoms with van der Waals surface area (Å²) in [6.45, 7) is 10.2. The first kappa shape index (κ1) is 17.7. The predicted molar refractivity (Wildman–Crippen MR) is 92.6 cm³/mol. The van der Waals surface area contributed by atoms with Crippen molar-refractivity contribution >= 4 is 11.7 Å². The van der Waals surface area contributed by atoms with Crippen LogP contribution in [0.5, 0.6) is 0 Å². The minimum absolute atomic E-state index is 0.0739. The van der Waals surface area contributed by atoms with Gasteiger partial charge in [-0.15, -0.1) is 0 Å². The van der Waals surface area contributed by atoms with E-state index in [0.29, 0.717) is 5.56 Å². The summed E-state index contributed by atoms with van der Waals surface area (Å²) in [6, 6.07) is 3.71. The highest BCUT2D eigenvalue weighted by atomic mass is 16.3. The second-order valence-corrected chi connectivity index (χ2v) is 7.27. The van der Waals surface area contributed by atoms with Crippen LogP contribution in [0.3, 0.4) is 0 Å². The number of hydrogen-bond donors (Lipinski definition) is 2. The fourth-order valence-corrected chi connectivity index (χ4v) is 2.51. The molecule has 1 unspecified atom stereocenters. The number of anilines is 1. The largest absolute Gasteiger partial charge is 0.388 e. The van der Waals surface area contributed by atoms with Gasteiger partial charge >= 0.3 is 0 Å². The fraction of sp³-hybridized carbons (Fsp3) is 0.667. The maximum atomic E-state index is 12.2. The normalized spacial score (nSPS) is 18.8. The van der Waals surface area contributed by atoms with Crippen LogP contribution in [0.25, 0.3) is 0 Å². The summed E-state index contributed by atoms with van der Waals surface area (Å²) < 4.78 is 0. The second kappa shape index (κ2) is 7.30. The number of hydrogen-bond acceptors (Lipinski definition) is 4. The number of pyridine rings is 1. The molecule has 0 spiro atoms. The molecule has 0 saturated carbocycles. The molecule has 1 fully saturated rings. The molecule has 1 atom stereocenters. The van der Waals surface area contributed by atoms with E-state index in [0.717, 1.165) is 24.8 Å². The lowest BCUT2D eigenvalue weighted by Gasteiger charge is -2.31. The van der Waals surface area contributed by atoms with Gasteiger partial charge in [0.1, 0.15) is 5.82 Å². The number of carbonyl (C=O) groups excluding carboxylic acids is 1. The lowest BCUT2D eigenvalue weighted by Crippen LogP contribution is -2.44. The Balaban J connectivity index is 1.92. The molecule has 0 radical (unpaired) electrons. The van der Waals surface area contributed by atoms with E-state index in [4.69, 9.17) is 0 Å². The molecule has 1 amide bonds. The molecule has 23 heavy (non-hydrogen) atoms. The van der Waals surface area contributed by atoms with E-state index in [2.05, 4.69) is 22.1 Å². The quantitative estimate of drug-likeness (QED) is 0.875. The summed E-state index contributed by atoms with van der Waals surface area (Å²) >= 11 is 0. The van der Waals surface area contributed by atoms with Crippen LogP contribution in [0.15, 0.2) is 18.3 Å². The Hall–Kier alpha value is -1.62. The SMILES string of the molecule is CC1CCN(c2ccc(C(=O)NCC(C)(O)C(C)C)cn2)CC1. The van der Waals surface area contributed by atoms with E-state index in [9.17, 15) is 9.90 Å². The fourth-order valence-electron chi connectivity index (χ4n) is 2.51. The van der Waals surface area contributed by atoms with Crippen molar-refractivity contribution in [2.24, 2.45) is 11.8 Å². The summed E-state index contributed by atoms with van der Waals surface area (Å²) in [5, 5.41) is 13.0. The Labute approximate surface area is 139 Å². The van der Waals surface area contributed by atoms with Crippen LogP contribution < -0.4 is 10.2 Å². The Morgan fingerprint density at radius 1 is 1.43 bits per heavy atom. The number of nitrogens with one attached hydrogen (secondary N) is 1. The average molecular weight is 319 g/mol. The van der Waals surface area contributed by atoms with Gasteiger partial charge in [-0.2, -0.15) is 0 Å². The summed E-state index contributed by atoms with van der Waals surface area (Å²) in [6.07, 6.45) is 4.00. The van der Waals surface area contributed by atoms with Crippen molar-refractivity contribution in [1.82, 2.24) is 10.3 Å². The van der Waals surface area contributed by atoms with Crippen molar-refractivity contribution in [2.75, 3.05) is 24.5 Å². The summed E-state index contributed by atoms with van der Waals surface area (Å²) in [5.41, 5.74) is -0.383. The number of aliphatic hydroxyl groups is 1. The van der Waals surface area contributed by atoms with Crippen molar-refractivity contribution < 1.29 is 9.90 Å². The summed E-state index contributed by atoms with van der Waals surface area (Å²) in [4.78, 5) is 18.9. The molecule has 0 aliphatic carbocycles. The number of amides is 1. The Kier molecular flexibility index (Phi) is 5.63. The van der Waals surface area contributed by atoms with Gasteiger partial charge < -0.3 is 15.3 Å². The van der Waals surface area contributed by atoms with Crippen LogP contribution in [0.1, 0.15) is 50.9 Å². The minimum atomic E-state index is -0.909. The minimum Gasteiger partial charge on any atom is -0.388 e. The van der Waals surface area contributed by atoms with E-state index >= 15 is 0 Å². The Bertz CT molecular complexity index is 518. The number of piperidine rings is 1. The van der Waals surface area contributed by atoms with Crippen molar-refractivity contribution in [1.29, 1.82) is 0 Å². The lowest BCUT2D eigenvalue weighted by molar-refractivity contribution is 0.0142. The molecule has 5 nitrogen and oxygen atoms in total. The molecule has 1 saturated heterocycles. The molecule has 1 aromatic heterocycles. The van der Waals surface area contributed by atoms with Gasteiger partial charge in [-0.1, -0.05) is 20.8 Å². The monoisotopic (exact) mass is 319 g/mol. The molecule has 1 aliphatic heterocycles. The van der Waals surface area contributed by atoms with E-state index in [1.165, 1.54) is 12.8 Å². The topological polar surface area (TPSA) is 65.5 Å². The highest BCUT2D eigenvalue weighted by molar-refractivity contribution is 5.94. The molecule has 2 rings (SSSR count). The number of carbonyl (C=O) groups is 1. The van der Waals surface area contributed by atoms with Gasteiger partial charge in [0, 0.05) is 25.8 Å². The average Bonchev–Trinajstić information content (AvgIpc) is 2.53. The lowest BCUT2D eigenvalue weighted by atomic mass is 9.92. The summed E-state index contributed by atoms with van der Waals surface area (Å²) in [5.74, 6) is 1.59. The van der Waals surface area contributed by atoms with Gasteiger partial charge in [0.25, 0.3) is 5.91 Å². The van der Waals surface area contributed by atoms with Crippen molar-refractivity contribution in [2.45, 2.75) is 46.1 Å². The van der Waals surface area contributed by atoms with Gasteiger partial charge in [-0.25, -0.2) is 4.98 Å². The van der Waals surface area contributed by atoms with Crippen LogP contribution in [-0.2, 0) is 0 Å². The molecule has 5 heteroatoms. The summed E-state index contributed by atoms with van der Waals surface area (Å²) in [7, 11) is 0. The van der Waals surface area contributed by atoms with Crippen LogP contribution in [0.2, 0.25) is 0 Å². The first-order valence-corrected chi connectivity index (χ1v) is 8.51. The highest BCUT2D eigenvalue weighted by Crippen LogP contribution is 2.21. The molecule has 2 heterocycles. The van der Waals surface area contributed by atoms with Crippen LogP contribution >= 0.6 is 0 Å². The smallest absolute Gasteiger partial charge is 0.252 e. The molecule has 128 valence electrons. The van der Waals surface area contributed by atoms with Gasteiger partial charge in [0.05, 0.1) is 11.2 Å². The van der Waals surface area contributed by atoms with Gasteiger partial charge in [-0.05, 0) is 43.7 Å². The van der Waals surface area contributed by atoms with E-state index in [1.807, 2.05) is 19.9 Å². The third-order valence-corrected chi connectivity index (χ3v) is 4.97. The van der Waals surface area contributed by atoms with Crippen molar-refractivity contribution in [3.05, 3.63) is 23.9 Å². The molecular formula is C18H29N3O2. The zero-order chi connectivity index (χ0) is 17.0. The van der Waals surface area contributed by atoms with E-state index in [1.54, 1.807) is 19.2 Å². The molecule has 0 bridgehead atoms. The standard InChI is InChI=1S/C18H29N3O2/c1-13(2)18(4,23)12-20-17(22)15-5-6-16(19-11-15)21-9-7-14(3)8-10-21/h5-6,11,13-14,23H,7-10,12H2,1-4H3,(H,20,22). The Morgan fingerprint density at radius 3 is 2.61 bits per heavy atom. The number of aromatic nitrogens is 1. The number of rotatable bonds is 5. The molecule has 0 aromatic carbocycles. The number of nitrogens with zero attached hydrogens (tertiary/aromatic N) is 2. The maximum absolute atomic E-state index is 12.2. The molecule has 1 aromatic rings. The predicted octanol–water partition coefficient (Wildman–Crippen LogP) is 2.45. The third kappa shape index (κ3) is 4.67. The van der Waals surface area contributed by atoms with E-state index < -0.39 is 5.60 Å². The van der Waals surface area contributed by atoms with Gasteiger partial charge in [0.15, 0.2) is 0 Å². The first-order chi connectivity index (χ1) is 10.8. The highest BCUT2D eigenvalue weighted by Gasteiger charge is 2.25. The molecule has 1 aliphatic rings. The third-order valence-electron chi connectivity index (χ3n) is 4.97. The van der Waals surface area contributed by atoms with Crippen molar-refractivity contribution in [3.63, 3.8) is 0 Å². The van der Waals surface area contributed by atoms with E-state index in [-0.39, 0.29) is 18.4 Å². The molecule has 2 N–H and O–H groups in total. The molecular weight excluding hydrogens is 290 g/mol. The van der Waals surface area contributed by atoms with Gasteiger partial charge in [0.2, 0.25) is 0 Å². The zero-order valence-corrected chi connectivity index (χ0v) is 14.7. The van der Waals surface area contributed by atoms with Crippen molar-refractivity contribution in [3.8, 4) is 0 Å². The maximum Gasteiger partial charge on any atom is 0.252 e. The zero-order valence-electron chi connectivity index (χ0n) is 14.7. The Morgan fingerprint density at radius 2 is 2.09 bits per heavy atom. The van der Waals surface area contributed by atoms with Crippen LogP contribution in [0.4, 0.5) is 5.82 Å². The second-order valence-electron chi connectivity index (χ2n) is 7.27. The first-order valence-electron chi connectivity index (χ1n) is 8.51. The van der Waals surface area contributed by atoms with Gasteiger partial charge in [-0.3, -0.25) is 4.79 Å².